The van der Waals surface area contributed by atoms with E-state index in [2.05, 4.69) is 53.3 Å². The van der Waals surface area contributed by atoms with E-state index in [4.69, 9.17) is 4.74 Å². The minimum Gasteiger partial charge on any atom is -0.497 e. The summed E-state index contributed by atoms with van der Waals surface area (Å²) in [6.07, 6.45) is 2.13. The van der Waals surface area contributed by atoms with Crippen LogP contribution in [0.3, 0.4) is 0 Å². The molecule has 0 aliphatic rings. The van der Waals surface area contributed by atoms with E-state index in [1.165, 1.54) is 22.2 Å². The minimum absolute atomic E-state index is 0.890. The molecule has 0 atom stereocenters. The van der Waals surface area contributed by atoms with Crippen molar-refractivity contribution in [1.29, 1.82) is 0 Å². The lowest BCUT2D eigenvalue weighted by Gasteiger charge is -2.10. The molecule has 0 bridgehead atoms. The van der Waals surface area contributed by atoms with Crippen molar-refractivity contribution in [3.63, 3.8) is 0 Å². The largest absolute Gasteiger partial charge is 0.497 e. The van der Waals surface area contributed by atoms with E-state index < -0.39 is 0 Å². The number of aromatic nitrogens is 1. The third kappa shape index (κ3) is 2.29. The van der Waals surface area contributed by atoms with Gasteiger partial charge in [-0.05, 0) is 48.2 Å². The molecule has 20 heavy (non-hydrogen) atoms. The molecule has 102 valence electrons. The van der Waals surface area contributed by atoms with E-state index in [0.717, 1.165) is 11.6 Å². The number of methoxy groups -OCH3 is 1. The fourth-order valence-corrected chi connectivity index (χ4v) is 3.02. The first-order chi connectivity index (χ1) is 9.83. The smallest absolute Gasteiger partial charge is 0.118 e. The van der Waals surface area contributed by atoms with E-state index in [-0.39, 0.29) is 0 Å². The molecule has 0 radical (unpaired) electrons. The number of rotatable bonds is 4. The van der Waals surface area contributed by atoms with Crippen LogP contribution in [0.5, 0.6) is 5.75 Å². The fourth-order valence-electron chi connectivity index (χ4n) is 2.48. The average Bonchev–Trinajstić information content (AvgIpc) is 2.87. The second-order valence-corrected chi connectivity index (χ2v) is 5.50. The van der Waals surface area contributed by atoms with Crippen LogP contribution in [0.15, 0.2) is 54.6 Å². The van der Waals surface area contributed by atoms with Crippen molar-refractivity contribution >= 4 is 22.7 Å². The van der Waals surface area contributed by atoms with Gasteiger partial charge in [0.1, 0.15) is 5.75 Å². The van der Waals surface area contributed by atoms with Gasteiger partial charge >= 0.3 is 0 Å². The van der Waals surface area contributed by atoms with Crippen LogP contribution in [0, 0.1) is 0 Å². The molecule has 0 amide bonds. The summed E-state index contributed by atoms with van der Waals surface area (Å²) in [6.45, 7) is 0. The quantitative estimate of drug-likeness (QED) is 0.692. The highest BCUT2D eigenvalue weighted by molar-refractivity contribution is 7.97. The van der Waals surface area contributed by atoms with Crippen molar-refractivity contribution in [2.24, 2.45) is 0 Å². The summed E-state index contributed by atoms with van der Waals surface area (Å²) >= 11 is 1.83. The van der Waals surface area contributed by atoms with Crippen LogP contribution < -0.4 is 4.74 Å². The third-order valence-corrected chi connectivity index (χ3v) is 3.97. The lowest BCUT2D eigenvalue weighted by molar-refractivity contribution is 0.415. The van der Waals surface area contributed by atoms with Gasteiger partial charge in [-0.3, -0.25) is 0 Å². The minimum atomic E-state index is 0.890. The van der Waals surface area contributed by atoms with Crippen molar-refractivity contribution in [2.75, 3.05) is 13.4 Å². The Morgan fingerprint density at radius 2 is 1.80 bits per heavy atom. The predicted molar refractivity (Wildman–Crippen MR) is 87.4 cm³/mol. The van der Waals surface area contributed by atoms with Crippen molar-refractivity contribution in [3.8, 4) is 17.0 Å². The van der Waals surface area contributed by atoms with Crippen LogP contribution in [0.25, 0.3) is 22.2 Å². The Morgan fingerprint density at radius 1 is 1.05 bits per heavy atom. The molecular weight excluding hydrogens is 266 g/mol. The van der Waals surface area contributed by atoms with E-state index in [0.29, 0.717) is 0 Å². The molecule has 3 aromatic rings. The molecule has 1 aromatic heterocycles. The van der Waals surface area contributed by atoms with Gasteiger partial charge in [0.2, 0.25) is 0 Å². The van der Waals surface area contributed by atoms with Gasteiger partial charge in [0.05, 0.1) is 13.0 Å². The van der Waals surface area contributed by atoms with Gasteiger partial charge in [0.15, 0.2) is 0 Å². The van der Waals surface area contributed by atoms with E-state index in [9.17, 15) is 0 Å². The zero-order valence-corrected chi connectivity index (χ0v) is 12.5. The molecule has 0 aliphatic carbocycles. The van der Waals surface area contributed by atoms with E-state index in [1.807, 2.05) is 23.9 Å². The van der Waals surface area contributed by atoms with Crippen molar-refractivity contribution in [1.82, 2.24) is 4.57 Å². The summed E-state index contributed by atoms with van der Waals surface area (Å²) < 4.78 is 7.59. The SMILES string of the molecule is COc1ccc(-c2cc3ccccc3n2CSC)cc1. The van der Waals surface area contributed by atoms with Gasteiger partial charge in [-0.2, -0.15) is 0 Å². The summed E-state index contributed by atoms with van der Waals surface area (Å²) in [5.41, 5.74) is 3.76. The highest BCUT2D eigenvalue weighted by Crippen LogP contribution is 2.30. The normalized spacial score (nSPS) is 10.9. The lowest BCUT2D eigenvalue weighted by Crippen LogP contribution is -1.96. The van der Waals surface area contributed by atoms with Crippen LogP contribution >= 0.6 is 11.8 Å². The first-order valence-electron chi connectivity index (χ1n) is 6.55. The Hall–Kier alpha value is -1.87. The molecular formula is C17H17NOS. The zero-order valence-electron chi connectivity index (χ0n) is 11.7. The number of hydrogen-bond acceptors (Lipinski definition) is 2. The monoisotopic (exact) mass is 283 g/mol. The summed E-state index contributed by atoms with van der Waals surface area (Å²) in [5, 5.41) is 1.28. The molecule has 0 aliphatic heterocycles. The molecule has 0 saturated carbocycles. The Labute approximate surface area is 123 Å². The Balaban J connectivity index is 2.15. The maximum atomic E-state index is 5.23. The van der Waals surface area contributed by atoms with E-state index >= 15 is 0 Å². The third-order valence-electron chi connectivity index (χ3n) is 3.45. The van der Waals surface area contributed by atoms with Crippen LogP contribution in [-0.2, 0) is 5.88 Å². The molecule has 2 nitrogen and oxygen atoms in total. The highest BCUT2D eigenvalue weighted by Gasteiger charge is 2.09. The first-order valence-corrected chi connectivity index (χ1v) is 7.94. The number of nitrogens with zero attached hydrogens (tertiary/aromatic N) is 1. The van der Waals surface area contributed by atoms with E-state index in [1.54, 1.807) is 7.11 Å². The number of thioether (sulfide) groups is 1. The van der Waals surface area contributed by atoms with Gasteiger partial charge in [-0.1, -0.05) is 18.2 Å². The van der Waals surface area contributed by atoms with Gasteiger partial charge in [0.25, 0.3) is 0 Å². The summed E-state index contributed by atoms with van der Waals surface area (Å²) in [6, 6.07) is 19.0. The van der Waals surface area contributed by atoms with Crippen LogP contribution in [-0.4, -0.2) is 17.9 Å². The zero-order chi connectivity index (χ0) is 13.9. The number of fused-ring (bicyclic) bond motifs is 1. The summed E-state index contributed by atoms with van der Waals surface area (Å²) in [5.74, 6) is 1.84. The fraction of sp³-hybridized carbons (Fsp3) is 0.176. The lowest BCUT2D eigenvalue weighted by atomic mass is 10.1. The van der Waals surface area contributed by atoms with Crippen LogP contribution in [0.2, 0.25) is 0 Å². The molecule has 0 N–H and O–H groups in total. The van der Waals surface area contributed by atoms with Crippen molar-refractivity contribution in [2.45, 2.75) is 5.88 Å². The molecule has 0 unspecified atom stereocenters. The van der Waals surface area contributed by atoms with Gasteiger partial charge in [-0.15, -0.1) is 11.8 Å². The Kier molecular flexibility index (Phi) is 3.70. The maximum Gasteiger partial charge on any atom is 0.118 e. The topological polar surface area (TPSA) is 14.2 Å². The second-order valence-electron chi connectivity index (χ2n) is 4.66. The number of para-hydroxylation sites is 1. The number of ether oxygens (including phenoxy) is 1. The summed E-state index contributed by atoms with van der Waals surface area (Å²) in [4.78, 5) is 0. The standard InChI is InChI=1S/C17H17NOS/c1-19-15-9-7-13(8-10-15)17-11-14-5-3-4-6-16(14)18(17)12-20-2/h3-11H,12H2,1-2H3. The Bertz CT molecular complexity index is 715. The van der Waals surface area contributed by atoms with Crippen molar-refractivity contribution < 1.29 is 4.74 Å². The molecule has 0 fully saturated rings. The van der Waals surface area contributed by atoms with Crippen molar-refractivity contribution in [3.05, 3.63) is 54.6 Å². The first kappa shape index (κ1) is 13.1. The van der Waals surface area contributed by atoms with Gasteiger partial charge in [0, 0.05) is 16.6 Å². The molecule has 0 spiro atoms. The van der Waals surface area contributed by atoms with Gasteiger partial charge < -0.3 is 9.30 Å². The molecule has 3 rings (SSSR count). The number of benzene rings is 2. The second kappa shape index (κ2) is 5.63. The molecule has 0 saturated heterocycles. The maximum absolute atomic E-state index is 5.23. The molecule has 2 aromatic carbocycles. The van der Waals surface area contributed by atoms with Gasteiger partial charge in [-0.25, -0.2) is 0 Å². The number of hydrogen-bond donors (Lipinski definition) is 0. The molecule has 3 heteroatoms. The predicted octanol–water partition coefficient (Wildman–Crippen LogP) is 4.64. The van der Waals surface area contributed by atoms with Crippen LogP contribution in [0.4, 0.5) is 0 Å². The highest BCUT2D eigenvalue weighted by atomic mass is 32.2. The molecule has 1 heterocycles. The Morgan fingerprint density at radius 3 is 2.50 bits per heavy atom. The summed E-state index contributed by atoms with van der Waals surface area (Å²) in [7, 11) is 1.69. The van der Waals surface area contributed by atoms with Crippen LogP contribution in [0.1, 0.15) is 0 Å². The average molecular weight is 283 g/mol.